The lowest BCUT2D eigenvalue weighted by Crippen LogP contribution is -1.97. The van der Waals surface area contributed by atoms with E-state index in [4.69, 9.17) is 0 Å². The molecule has 0 aliphatic carbocycles. The first-order valence-corrected chi connectivity index (χ1v) is 8.09. The second-order valence-electron chi connectivity index (χ2n) is 3.99. The van der Waals surface area contributed by atoms with E-state index in [1.807, 2.05) is 24.3 Å². The van der Waals surface area contributed by atoms with Crippen LogP contribution in [0.1, 0.15) is 28.1 Å². The third-order valence-electron chi connectivity index (χ3n) is 2.63. The Labute approximate surface area is 127 Å². The summed E-state index contributed by atoms with van der Waals surface area (Å²) in [5.74, 6) is 0.224. The molecular formula is C14H12Br2OS. The number of halogens is 2. The molecule has 2 rings (SSSR count). The van der Waals surface area contributed by atoms with Gasteiger partial charge in [0.05, 0.1) is 8.66 Å². The fourth-order valence-electron chi connectivity index (χ4n) is 1.70. The van der Waals surface area contributed by atoms with Gasteiger partial charge in [0, 0.05) is 10.9 Å². The molecule has 94 valence electrons. The molecule has 1 aromatic heterocycles. The third kappa shape index (κ3) is 3.77. The zero-order valence-electron chi connectivity index (χ0n) is 9.66. The average Bonchev–Trinajstić information content (AvgIpc) is 2.71. The molecule has 0 spiro atoms. The zero-order chi connectivity index (χ0) is 13.0. The monoisotopic (exact) mass is 386 g/mol. The van der Waals surface area contributed by atoms with Crippen molar-refractivity contribution in [2.45, 2.75) is 19.3 Å². The molecule has 0 N–H and O–H groups in total. The van der Waals surface area contributed by atoms with E-state index in [2.05, 4.69) is 44.0 Å². The SMILES string of the molecule is O=C(CCCc1ccccc1)c1cc(Br)c(Br)s1. The van der Waals surface area contributed by atoms with Crippen molar-refractivity contribution in [3.05, 3.63) is 55.1 Å². The lowest BCUT2D eigenvalue weighted by atomic mass is 10.1. The Bertz CT molecular complexity index is 514. The van der Waals surface area contributed by atoms with E-state index in [9.17, 15) is 4.79 Å². The minimum atomic E-state index is 0.224. The van der Waals surface area contributed by atoms with E-state index in [-0.39, 0.29) is 5.78 Å². The van der Waals surface area contributed by atoms with Crippen molar-refractivity contribution < 1.29 is 4.79 Å². The van der Waals surface area contributed by atoms with Crippen molar-refractivity contribution in [1.82, 2.24) is 0 Å². The van der Waals surface area contributed by atoms with Crippen molar-refractivity contribution in [2.75, 3.05) is 0 Å². The number of hydrogen-bond donors (Lipinski definition) is 0. The van der Waals surface area contributed by atoms with E-state index in [1.54, 1.807) is 0 Å². The van der Waals surface area contributed by atoms with E-state index < -0.39 is 0 Å². The van der Waals surface area contributed by atoms with Gasteiger partial charge in [0.1, 0.15) is 0 Å². The maximum absolute atomic E-state index is 12.0. The summed E-state index contributed by atoms with van der Waals surface area (Å²) in [5.41, 5.74) is 1.29. The second kappa shape index (κ2) is 6.64. The number of Topliss-reactive ketones (excluding diaryl/α,β-unsaturated/α-hetero) is 1. The van der Waals surface area contributed by atoms with E-state index in [1.165, 1.54) is 16.9 Å². The van der Waals surface area contributed by atoms with Crippen molar-refractivity contribution in [2.24, 2.45) is 0 Å². The first kappa shape index (κ1) is 14.0. The van der Waals surface area contributed by atoms with Gasteiger partial charge in [-0.15, -0.1) is 11.3 Å². The summed E-state index contributed by atoms with van der Waals surface area (Å²) in [7, 11) is 0. The summed E-state index contributed by atoms with van der Waals surface area (Å²) in [5, 5.41) is 0. The molecule has 0 radical (unpaired) electrons. The fraction of sp³-hybridized carbons (Fsp3) is 0.214. The summed E-state index contributed by atoms with van der Waals surface area (Å²) in [6.07, 6.45) is 2.46. The van der Waals surface area contributed by atoms with E-state index in [0.29, 0.717) is 6.42 Å². The lowest BCUT2D eigenvalue weighted by Gasteiger charge is -2.00. The van der Waals surface area contributed by atoms with Gasteiger partial charge >= 0.3 is 0 Å². The van der Waals surface area contributed by atoms with Crippen molar-refractivity contribution >= 4 is 49.0 Å². The standard InChI is InChI=1S/C14H12Br2OS/c15-11-9-13(18-14(11)16)12(17)8-4-7-10-5-2-1-3-6-10/h1-3,5-6,9H,4,7-8H2. The first-order valence-electron chi connectivity index (χ1n) is 5.69. The molecule has 0 aliphatic rings. The summed E-state index contributed by atoms with van der Waals surface area (Å²) in [6, 6.07) is 12.2. The molecule has 2 aromatic rings. The molecule has 0 fully saturated rings. The number of carbonyl (C=O) groups is 1. The van der Waals surface area contributed by atoms with Gasteiger partial charge < -0.3 is 0 Å². The zero-order valence-corrected chi connectivity index (χ0v) is 13.6. The molecule has 4 heteroatoms. The summed E-state index contributed by atoms with van der Waals surface area (Å²) >= 11 is 8.30. The van der Waals surface area contributed by atoms with Crippen LogP contribution in [0, 0.1) is 0 Å². The normalized spacial score (nSPS) is 10.6. The predicted molar refractivity (Wildman–Crippen MR) is 83.4 cm³/mol. The minimum absolute atomic E-state index is 0.224. The van der Waals surface area contributed by atoms with Crippen LogP contribution in [-0.2, 0) is 6.42 Å². The van der Waals surface area contributed by atoms with Crippen LogP contribution >= 0.6 is 43.2 Å². The smallest absolute Gasteiger partial charge is 0.172 e. The van der Waals surface area contributed by atoms with Crippen LogP contribution in [0.3, 0.4) is 0 Å². The van der Waals surface area contributed by atoms with Crippen LogP contribution in [0.15, 0.2) is 44.7 Å². The maximum atomic E-state index is 12.0. The minimum Gasteiger partial charge on any atom is -0.293 e. The molecule has 18 heavy (non-hydrogen) atoms. The van der Waals surface area contributed by atoms with Gasteiger partial charge in [-0.1, -0.05) is 30.3 Å². The average molecular weight is 388 g/mol. The molecule has 0 amide bonds. The molecule has 1 nitrogen and oxygen atoms in total. The number of carbonyl (C=O) groups excluding carboxylic acids is 1. The Morgan fingerprint density at radius 3 is 2.50 bits per heavy atom. The topological polar surface area (TPSA) is 17.1 Å². The number of rotatable bonds is 5. The molecule has 0 bridgehead atoms. The van der Waals surface area contributed by atoms with Crippen LogP contribution in [-0.4, -0.2) is 5.78 Å². The number of aryl methyl sites for hydroxylation is 1. The maximum Gasteiger partial charge on any atom is 0.172 e. The first-order chi connectivity index (χ1) is 8.66. The number of thiophene rings is 1. The van der Waals surface area contributed by atoms with Gasteiger partial charge in [-0.2, -0.15) is 0 Å². The van der Waals surface area contributed by atoms with Crippen LogP contribution in [0.2, 0.25) is 0 Å². The Balaban J connectivity index is 1.85. The Morgan fingerprint density at radius 1 is 1.17 bits per heavy atom. The highest BCUT2D eigenvalue weighted by Gasteiger charge is 2.11. The molecule has 1 heterocycles. The second-order valence-corrected chi connectivity index (χ2v) is 7.22. The van der Waals surface area contributed by atoms with Gasteiger partial charge in [0.2, 0.25) is 0 Å². The van der Waals surface area contributed by atoms with Crippen LogP contribution < -0.4 is 0 Å². The van der Waals surface area contributed by atoms with Gasteiger partial charge in [-0.05, 0) is 56.3 Å². The van der Waals surface area contributed by atoms with Crippen molar-refractivity contribution in [1.29, 1.82) is 0 Å². The molecule has 0 saturated carbocycles. The van der Waals surface area contributed by atoms with E-state index >= 15 is 0 Å². The van der Waals surface area contributed by atoms with E-state index in [0.717, 1.165) is 26.0 Å². The van der Waals surface area contributed by atoms with Gasteiger partial charge in [-0.3, -0.25) is 4.79 Å². The third-order valence-corrected chi connectivity index (χ3v) is 5.93. The van der Waals surface area contributed by atoms with Crippen LogP contribution in [0.25, 0.3) is 0 Å². The van der Waals surface area contributed by atoms with Gasteiger partial charge in [0.25, 0.3) is 0 Å². The number of hydrogen-bond acceptors (Lipinski definition) is 2. The lowest BCUT2D eigenvalue weighted by molar-refractivity contribution is 0.0984. The summed E-state index contributed by atoms with van der Waals surface area (Å²) in [4.78, 5) is 12.8. The summed E-state index contributed by atoms with van der Waals surface area (Å²) < 4.78 is 1.94. The van der Waals surface area contributed by atoms with Gasteiger partial charge in [-0.25, -0.2) is 0 Å². The summed E-state index contributed by atoms with van der Waals surface area (Å²) in [6.45, 7) is 0. The highest BCUT2D eigenvalue weighted by atomic mass is 79.9. The van der Waals surface area contributed by atoms with Crippen LogP contribution in [0.4, 0.5) is 0 Å². The number of ketones is 1. The van der Waals surface area contributed by atoms with Crippen molar-refractivity contribution in [3.63, 3.8) is 0 Å². The largest absolute Gasteiger partial charge is 0.293 e. The molecule has 1 aromatic carbocycles. The fourth-order valence-corrected chi connectivity index (χ4v) is 3.71. The quantitative estimate of drug-likeness (QED) is 0.621. The van der Waals surface area contributed by atoms with Crippen molar-refractivity contribution in [3.8, 4) is 0 Å². The predicted octanol–water partition coefficient (Wildman–Crippen LogP) is 5.48. The Morgan fingerprint density at radius 2 is 1.89 bits per heavy atom. The molecular weight excluding hydrogens is 376 g/mol. The molecule has 0 atom stereocenters. The molecule has 0 aliphatic heterocycles. The molecule has 0 saturated heterocycles. The highest BCUT2D eigenvalue weighted by Crippen LogP contribution is 2.33. The number of benzene rings is 1. The van der Waals surface area contributed by atoms with Crippen LogP contribution in [0.5, 0.6) is 0 Å². The molecule has 0 unspecified atom stereocenters. The Kier molecular flexibility index (Phi) is 5.15. The Hall–Kier alpha value is -0.450. The highest BCUT2D eigenvalue weighted by molar-refractivity contribution is 9.13. The van der Waals surface area contributed by atoms with Gasteiger partial charge in [0.15, 0.2) is 5.78 Å².